The highest BCUT2D eigenvalue weighted by Crippen LogP contribution is 2.19. The van der Waals surface area contributed by atoms with Crippen molar-refractivity contribution in [1.29, 1.82) is 0 Å². The van der Waals surface area contributed by atoms with Crippen molar-refractivity contribution in [2.75, 3.05) is 33.4 Å². The van der Waals surface area contributed by atoms with Gasteiger partial charge < -0.3 is 14.4 Å². The van der Waals surface area contributed by atoms with Crippen molar-refractivity contribution < 1.29 is 14.3 Å². The summed E-state index contributed by atoms with van der Waals surface area (Å²) in [5.41, 5.74) is 1.52. The fourth-order valence-corrected chi connectivity index (χ4v) is 3.27. The third-order valence-corrected chi connectivity index (χ3v) is 4.78. The topological polar surface area (TPSA) is 38.8 Å². The summed E-state index contributed by atoms with van der Waals surface area (Å²) in [6.07, 6.45) is 7.03. The van der Waals surface area contributed by atoms with E-state index in [1.54, 1.807) is 19.3 Å². The van der Waals surface area contributed by atoms with Crippen molar-refractivity contribution >= 4 is 11.9 Å². The zero-order chi connectivity index (χ0) is 18.9. The number of hydrogen-bond donors (Lipinski definition) is 0. The van der Waals surface area contributed by atoms with Gasteiger partial charge in [0.1, 0.15) is 11.5 Å². The van der Waals surface area contributed by atoms with Gasteiger partial charge in [-0.1, -0.05) is 18.2 Å². The third kappa shape index (κ3) is 5.69. The Morgan fingerprint density at radius 1 is 1.07 bits per heavy atom. The molecule has 1 saturated heterocycles. The first-order valence-corrected chi connectivity index (χ1v) is 9.57. The molecule has 0 aliphatic carbocycles. The molecule has 0 unspecified atom stereocenters. The number of para-hydroxylation sites is 1. The van der Waals surface area contributed by atoms with Gasteiger partial charge in [-0.2, -0.15) is 0 Å². The summed E-state index contributed by atoms with van der Waals surface area (Å²) in [6, 6.07) is 15.0. The third-order valence-electron chi connectivity index (χ3n) is 4.78. The van der Waals surface area contributed by atoms with E-state index in [1.807, 2.05) is 48.5 Å². The van der Waals surface area contributed by atoms with Gasteiger partial charge >= 0.3 is 0 Å². The second-order valence-corrected chi connectivity index (χ2v) is 6.71. The van der Waals surface area contributed by atoms with Gasteiger partial charge in [0.15, 0.2) is 5.78 Å². The molecular weight excluding hydrogens is 338 g/mol. The Kier molecular flexibility index (Phi) is 7.05. The fraction of sp³-hybridized carbons (Fsp3) is 0.348. The summed E-state index contributed by atoms with van der Waals surface area (Å²) >= 11 is 0. The molecule has 1 fully saturated rings. The summed E-state index contributed by atoms with van der Waals surface area (Å²) in [6.45, 7) is 4.25. The van der Waals surface area contributed by atoms with Crippen LogP contribution in [-0.2, 0) is 0 Å². The number of carbonyl (C=O) groups is 1. The Bertz CT molecular complexity index is 761. The van der Waals surface area contributed by atoms with Gasteiger partial charge in [0, 0.05) is 17.7 Å². The van der Waals surface area contributed by atoms with E-state index >= 15 is 0 Å². The lowest BCUT2D eigenvalue weighted by Crippen LogP contribution is -2.21. The largest absolute Gasteiger partial charge is 0.496 e. The highest BCUT2D eigenvalue weighted by atomic mass is 16.5. The molecule has 2 aromatic rings. The molecule has 0 N–H and O–H groups in total. The molecule has 27 heavy (non-hydrogen) atoms. The number of benzene rings is 2. The number of hydrogen-bond acceptors (Lipinski definition) is 4. The molecule has 1 aliphatic rings. The van der Waals surface area contributed by atoms with Gasteiger partial charge in [-0.25, -0.2) is 0 Å². The Morgan fingerprint density at radius 2 is 1.81 bits per heavy atom. The van der Waals surface area contributed by atoms with Crippen molar-refractivity contribution in [1.82, 2.24) is 4.90 Å². The Balaban J connectivity index is 1.48. The monoisotopic (exact) mass is 365 g/mol. The van der Waals surface area contributed by atoms with Gasteiger partial charge in [-0.05, 0) is 74.8 Å². The molecule has 0 amide bonds. The van der Waals surface area contributed by atoms with Crippen LogP contribution in [-0.4, -0.2) is 44.0 Å². The number of ketones is 1. The molecule has 1 aliphatic heterocycles. The summed E-state index contributed by atoms with van der Waals surface area (Å²) < 4.78 is 11.1. The van der Waals surface area contributed by atoms with E-state index in [4.69, 9.17) is 9.47 Å². The molecule has 0 radical (unpaired) electrons. The van der Waals surface area contributed by atoms with E-state index in [1.165, 1.54) is 25.9 Å². The van der Waals surface area contributed by atoms with Gasteiger partial charge in [-0.15, -0.1) is 0 Å². The molecule has 142 valence electrons. The summed E-state index contributed by atoms with van der Waals surface area (Å²) in [5.74, 6) is 1.52. The Labute approximate surface area is 161 Å². The lowest BCUT2D eigenvalue weighted by Gasteiger charge is -2.14. The normalized spacial score (nSPS) is 14.6. The van der Waals surface area contributed by atoms with Crippen LogP contribution < -0.4 is 9.47 Å². The van der Waals surface area contributed by atoms with Crippen molar-refractivity contribution in [3.05, 3.63) is 65.7 Å². The van der Waals surface area contributed by atoms with Crippen LogP contribution in [0.2, 0.25) is 0 Å². The van der Waals surface area contributed by atoms with E-state index in [2.05, 4.69) is 4.90 Å². The predicted molar refractivity (Wildman–Crippen MR) is 109 cm³/mol. The molecule has 4 heteroatoms. The van der Waals surface area contributed by atoms with Gasteiger partial charge in [0.25, 0.3) is 0 Å². The van der Waals surface area contributed by atoms with Crippen LogP contribution in [0.5, 0.6) is 11.5 Å². The van der Waals surface area contributed by atoms with E-state index in [0.717, 1.165) is 30.0 Å². The molecule has 0 bridgehead atoms. The minimum absolute atomic E-state index is 0.0403. The van der Waals surface area contributed by atoms with E-state index in [9.17, 15) is 4.79 Å². The van der Waals surface area contributed by atoms with Crippen LogP contribution in [0, 0.1) is 0 Å². The fourth-order valence-electron chi connectivity index (χ4n) is 3.27. The average Bonchev–Trinajstić information content (AvgIpc) is 3.23. The van der Waals surface area contributed by atoms with Crippen LogP contribution >= 0.6 is 0 Å². The molecule has 4 nitrogen and oxygen atoms in total. The number of ether oxygens (including phenoxy) is 2. The van der Waals surface area contributed by atoms with Crippen molar-refractivity contribution in [3.8, 4) is 11.5 Å². The van der Waals surface area contributed by atoms with Crippen molar-refractivity contribution in [2.24, 2.45) is 0 Å². The number of rotatable bonds is 9. The Hall–Kier alpha value is -2.59. The molecule has 0 spiro atoms. The number of carbonyl (C=O) groups excluding carboxylic acids is 1. The first-order valence-electron chi connectivity index (χ1n) is 9.57. The average molecular weight is 365 g/mol. The first-order chi connectivity index (χ1) is 13.3. The number of nitrogens with zero attached hydrogens (tertiary/aromatic N) is 1. The van der Waals surface area contributed by atoms with Gasteiger partial charge in [0.2, 0.25) is 0 Å². The summed E-state index contributed by atoms with van der Waals surface area (Å²) in [7, 11) is 1.62. The molecule has 0 atom stereocenters. The molecule has 1 heterocycles. The van der Waals surface area contributed by atoms with E-state index < -0.39 is 0 Å². The van der Waals surface area contributed by atoms with Crippen molar-refractivity contribution in [3.63, 3.8) is 0 Å². The quantitative estimate of drug-likeness (QED) is 0.374. The van der Waals surface area contributed by atoms with Crippen LogP contribution in [0.1, 0.15) is 35.2 Å². The molecule has 0 aromatic heterocycles. The molecule has 0 saturated carbocycles. The summed E-state index contributed by atoms with van der Waals surface area (Å²) in [4.78, 5) is 14.8. The minimum Gasteiger partial charge on any atom is -0.496 e. The molecule has 3 rings (SSSR count). The van der Waals surface area contributed by atoms with Crippen molar-refractivity contribution in [2.45, 2.75) is 19.3 Å². The molecule has 2 aromatic carbocycles. The number of methoxy groups -OCH3 is 1. The highest BCUT2D eigenvalue weighted by Gasteiger charge is 2.10. The Morgan fingerprint density at radius 3 is 2.56 bits per heavy atom. The van der Waals surface area contributed by atoms with E-state index in [0.29, 0.717) is 12.2 Å². The maximum absolute atomic E-state index is 12.4. The number of likely N-dealkylation sites (tertiary alicyclic amines) is 1. The standard InChI is InChI=1S/C23H27NO3/c1-26-23-8-3-2-7-20(23)11-14-22(25)19-9-12-21(13-10-19)27-18-6-17-24-15-4-5-16-24/h2-3,7-14H,4-6,15-18H2,1H3. The maximum atomic E-state index is 12.4. The zero-order valence-corrected chi connectivity index (χ0v) is 15.9. The van der Waals surface area contributed by atoms with Crippen LogP contribution in [0.4, 0.5) is 0 Å². The number of allylic oxidation sites excluding steroid dienone is 1. The lowest BCUT2D eigenvalue weighted by atomic mass is 10.1. The minimum atomic E-state index is -0.0403. The van der Waals surface area contributed by atoms with Gasteiger partial charge in [-0.3, -0.25) is 4.79 Å². The van der Waals surface area contributed by atoms with Crippen LogP contribution in [0.15, 0.2) is 54.6 Å². The molecular formula is C23H27NO3. The second kappa shape index (κ2) is 9.93. The maximum Gasteiger partial charge on any atom is 0.185 e. The SMILES string of the molecule is COc1ccccc1C=CC(=O)c1ccc(OCCCN2CCCC2)cc1. The highest BCUT2D eigenvalue weighted by molar-refractivity contribution is 6.07. The van der Waals surface area contributed by atoms with Crippen LogP contribution in [0.25, 0.3) is 6.08 Å². The van der Waals surface area contributed by atoms with Crippen LogP contribution in [0.3, 0.4) is 0 Å². The second-order valence-electron chi connectivity index (χ2n) is 6.71. The summed E-state index contributed by atoms with van der Waals surface area (Å²) in [5, 5.41) is 0. The lowest BCUT2D eigenvalue weighted by molar-refractivity contribution is 0.104. The smallest absolute Gasteiger partial charge is 0.185 e. The first kappa shape index (κ1) is 19.2. The van der Waals surface area contributed by atoms with Gasteiger partial charge in [0.05, 0.1) is 13.7 Å². The predicted octanol–water partition coefficient (Wildman–Crippen LogP) is 4.46. The van der Waals surface area contributed by atoms with E-state index in [-0.39, 0.29) is 5.78 Å². The zero-order valence-electron chi connectivity index (χ0n) is 15.9.